The van der Waals surface area contributed by atoms with Crippen molar-refractivity contribution in [3.05, 3.63) is 46.2 Å². The molecule has 0 aliphatic heterocycles. The van der Waals surface area contributed by atoms with Crippen LogP contribution in [0.25, 0.3) is 0 Å². The number of benzene rings is 1. The second-order valence-electron chi connectivity index (χ2n) is 4.80. The summed E-state index contributed by atoms with van der Waals surface area (Å²) in [6.07, 6.45) is 1.89. The monoisotopic (exact) mass is 348 g/mol. The summed E-state index contributed by atoms with van der Waals surface area (Å²) < 4.78 is 15.8. The lowest BCUT2D eigenvalue weighted by Gasteiger charge is -2.10. The molecule has 0 radical (unpaired) electrons. The second-order valence-corrected chi connectivity index (χ2v) is 5.83. The predicted molar refractivity (Wildman–Crippen MR) is 94.1 cm³/mol. The second kappa shape index (κ2) is 9.69. The van der Waals surface area contributed by atoms with E-state index in [1.165, 1.54) is 0 Å². The number of hydrazone groups is 1. The van der Waals surface area contributed by atoms with E-state index in [0.29, 0.717) is 31.1 Å². The smallest absolute Gasteiger partial charge is 0.245 e. The first kappa shape index (κ1) is 18.0. The van der Waals surface area contributed by atoms with Crippen LogP contribution in [0.2, 0.25) is 0 Å². The lowest BCUT2D eigenvalue weighted by molar-refractivity contribution is -0.120. The van der Waals surface area contributed by atoms with Gasteiger partial charge in [-0.3, -0.25) is 4.79 Å². The molecule has 0 saturated heterocycles. The van der Waals surface area contributed by atoms with E-state index in [-0.39, 0.29) is 5.91 Å². The fourth-order valence-electron chi connectivity index (χ4n) is 1.91. The molecule has 1 aromatic carbocycles. The van der Waals surface area contributed by atoms with Crippen molar-refractivity contribution in [2.45, 2.75) is 6.42 Å². The van der Waals surface area contributed by atoms with Crippen molar-refractivity contribution in [1.29, 1.82) is 0 Å². The van der Waals surface area contributed by atoms with Crippen LogP contribution in [-0.2, 0) is 16.0 Å². The first-order valence-corrected chi connectivity index (χ1v) is 8.25. The predicted octanol–water partition coefficient (Wildman–Crippen LogP) is 2.47. The van der Waals surface area contributed by atoms with Crippen LogP contribution in [0.15, 0.2) is 40.8 Å². The molecule has 0 aliphatic carbocycles. The topological polar surface area (TPSA) is 69.2 Å². The summed E-state index contributed by atoms with van der Waals surface area (Å²) in [5, 5.41) is 5.91. The minimum absolute atomic E-state index is 0.153. The van der Waals surface area contributed by atoms with E-state index < -0.39 is 0 Å². The third kappa shape index (κ3) is 5.68. The third-order valence-corrected chi connectivity index (χ3v) is 3.93. The largest absolute Gasteiger partial charge is 0.493 e. The van der Waals surface area contributed by atoms with Gasteiger partial charge in [0, 0.05) is 12.0 Å². The first-order chi connectivity index (χ1) is 11.7. The standard InChI is InChI=1S/C17H20N2O4S/c1-21-7-8-23-15-6-5-13(10-16(15)22-2)12-18-19-17(20)11-14-4-3-9-24-14/h3-6,9-10,12H,7-8,11H2,1-2H3,(H,19,20)/b18-12-. The Balaban J connectivity index is 1.90. The minimum atomic E-state index is -0.153. The lowest BCUT2D eigenvalue weighted by Crippen LogP contribution is -2.19. The van der Waals surface area contributed by atoms with Crippen LogP contribution in [0.4, 0.5) is 0 Å². The molecule has 6 nitrogen and oxygen atoms in total. The van der Waals surface area contributed by atoms with Gasteiger partial charge in [0.1, 0.15) is 6.61 Å². The number of hydrogen-bond donors (Lipinski definition) is 1. The van der Waals surface area contributed by atoms with E-state index >= 15 is 0 Å². The molecule has 1 heterocycles. The summed E-state index contributed by atoms with van der Waals surface area (Å²) in [6.45, 7) is 0.946. The van der Waals surface area contributed by atoms with Crippen LogP contribution in [0.3, 0.4) is 0 Å². The van der Waals surface area contributed by atoms with E-state index in [1.54, 1.807) is 43.9 Å². The number of ether oxygens (including phenoxy) is 3. The molecular weight excluding hydrogens is 328 g/mol. The fourth-order valence-corrected chi connectivity index (χ4v) is 2.61. The fraction of sp³-hybridized carbons (Fsp3) is 0.294. The Bertz CT molecular complexity index is 671. The number of thiophene rings is 1. The molecule has 2 aromatic rings. The molecule has 1 aromatic heterocycles. The van der Waals surface area contributed by atoms with Crippen LogP contribution >= 0.6 is 11.3 Å². The van der Waals surface area contributed by atoms with E-state index in [2.05, 4.69) is 10.5 Å². The molecule has 1 amide bonds. The van der Waals surface area contributed by atoms with Crippen LogP contribution in [-0.4, -0.2) is 39.6 Å². The summed E-state index contributed by atoms with van der Waals surface area (Å²) >= 11 is 1.54. The third-order valence-electron chi connectivity index (χ3n) is 3.05. The zero-order valence-electron chi connectivity index (χ0n) is 13.7. The molecule has 1 N–H and O–H groups in total. The van der Waals surface area contributed by atoms with Gasteiger partial charge in [-0.2, -0.15) is 5.10 Å². The maximum Gasteiger partial charge on any atom is 0.245 e. The lowest BCUT2D eigenvalue weighted by atomic mass is 10.2. The van der Waals surface area contributed by atoms with Gasteiger partial charge in [-0.1, -0.05) is 6.07 Å². The highest BCUT2D eigenvalue weighted by atomic mass is 32.1. The van der Waals surface area contributed by atoms with E-state index in [9.17, 15) is 4.79 Å². The minimum Gasteiger partial charge on any atom is -0.493 e. The molecule has 0 fully saturated rings. The van der Waals surface area contributed by atoms with E-state index in [1.807, 2.05) is 23.6 Å². The van der Waals surface area contributed by atoms with Crippen LogP contribution < -0.4 is 14.9 Å². The Hall–Kier alpha value is -2.38. The molecule has 0 spiro atoms. The number of nitrogens with zero attached hydrogens (tertiary/aromatic N) is 1. The maximum atomic E-state index is 11.7. The summed E-state index contributed by atoms with van der Waals surface area (Å²) in [4.78, 5) is 12.8. The number of carbonyl (C=O) groups is 1. The average molecular weight is 348 g/mol. The van der Waals surface area contributed by atoms with Crippen molar-refractivity contribution in [3.8, 4) is 11.5 Å². The van der Waals surface area contributed by atoms with Gasteiger partial charge >= 0.3 is 0 Å². The van der Waals surface area contributed by atoms with Crippen molar-refractivity contribution in [3.63, 3.8) is 0 Å². The zero-order valence-corrected chi connectivity index (χ0v) is 14.5. The Morgan fingerprint density at radius 1 is 1.25 bits per heavy atom. The normalized spacial score (nSPS) is 10.8. The number of methoxy groups -OCH3 is 2. The average Bonchev–Trinajstić information content (AvgIpc) is 3.09. The number of nitrogens with one attached hydrogen (secondary N) is 1. The van der Waals surface area contributed by atoms with Crippen molar-refractivity contribution >= 4 is 23.5 Å². The SMILES string of the molecule is COCCOc1ccc(/C=N\NC(=O)Cc2cccs2)cc1OC. The molecule has 0 unspecified atom stereocenters. The quantitative estimate of drug-likeness (QED) is 0.429. The van der Waals surface area contributed by atoms with Gasteiger partial charge in [0.25, 0.3) is 0 Å². The van der Waals surface area contributed by atoms with Gasteiger partial charge in [0.05, 0.1) is 26.4 Å². The van der Waals surface area contributed by atoms with Gasteiger partial charge < -0.3 is 14.2 Å². The Labute approximate surface area is 145 Å². The summed E-state index contributed by atoms with van der Waals surface area (Å²) in [6, 6.07) is 9.25. The zero-order chi connectivity index (χ0) is 17.2. The molecule has 2 rings (SSSR count). The van der Waals surface area contributed by atoms with Gasteiger partial charge in [0.15, 0.2) is 11.5 Å². The molecule has 24 heavy (non-hydrogen) atoms. The Morgan fingerprint density at radius 2 is 2.12 bits per heavy atom. The van der Waals surface area contributed by atoms with E-state index in [4.69, 9.17) is 14.2 Å². The maximum absolute atomic E-state index is 11.7. The molecule has 0 saturated carbocycles. The Kier molecular flexibility index (Phi) is 7.25. The summed E-state index contributed by atoms with van der Waals surface area (Å²) in [5.74, 6) is 1.08. The van der Waals surface area contributed by atoms with Gasteiger partial charge in [-0.25, -0.2) is 5.43 Å². The highest BCUT2D eigenvalue weighted by Crippen LogP contribution is 2.27. The van der Waals surface area contributed by atoms with E-state index in [0.717, 1.165) is 10.4 Å². The molecular formula is C17H20N2O4S. The molecule has 7 heteroatoms. The first-order valence-electron chi connectivity index (χ1n) is 7.37. The highest BCUT2D eigenvalue weighted by Gasteiger charge is 2.05. The van der Waals surface area contributed by atoms with Crippen molar-refractivity contribution in [1.82, 2.24) is 5.43 Å². The van der Waals surface area contributed by atoms with Crippen LogP contribution in [0, 0.1) is 0 Å². The number of amides is 1. The molecule has 0 atom stereocenters. The van der Waals surface area contributed by atoms with Gasteiger partial charge in [-0.15, -0.1) is 11.3 Å². The van der Waals surface area contributed by atoms with Crippen LogP contribution in [0.1, 0.15) is 10.4 Å². The Morgan fingerprint density at radius 3 is 2.83 bits per heavy atom. The van der Waals surface area contributed by atoms with Crippen molar-refractivity contribution in [2.75, 3.05) is 27.4 Å². The van der Waals surface area contributed by atoms with Gasteiger partial charge in [-0.05, 0) is 35.2 Å². The molecule has 0 aliphatic rings. The van der Waals surface area contributed by atoms with Crippen molar-refractivity contribution < 1.29 is 19.0 Å². The van der Waals surface area contributed by atoms with Crippen LogP contribution in [0.5, 0.6) is 11.5 Å². The number of carbonyl (C=O) groups excluding carboxylic acids is 1. The highest BCUT2D eigenvalue weighted by molar-refractivity contribution is 7.10. The van der Waals surface area contributed by atoms with Crippen molar-refractivity contribution in [2.24, 2.45) is 5.10 Å². The molecule has 0 bridgehead atoms. The summed E-state index contributed by atoms with van der Waals surface area (Å²) in [5.41, 5.74) is 3.31. The number of hydrogen-bond acceptors (Lipinski definition) is 6. The van der Waals surface area contributed by atoms with Gasteiger partial charge in [0.2, 0.25) is 5.91 Å². The summed E-state index contributed by atoms with van der Waals surface area (Å²) in [7, 11) is 3.19. The number of rotatable bonds is 9. The molecule has 128 valence electrons.